The van der Waals surface area contributed by atoms with Crippen LogP contribution in [-0.4, -0.2) is 64.5 Å². The Morgan fingerprint density at radius 1 is 1.26 bits per heavy atom. The fraction of sp³-hybridized carbons (Fsp3) is 0.375. The van der Waals surface area contributed by atoms with Crippen LogP contribution in [0.1, 0.15) is 12.1 Å². The quantitative estimate of drug-likeness (QED) is 0.568. The number of β-amino-alcohol motifs (C(OH)–C–C–N with tert-alkyl or cyclic N) is 1. The van der Waals surface area contributed by atoms with Gasteiger partial charge in [0.1, 0.15) is 17.2 Å². The third kappa shape index (κ3) is 3.73. The van der Waals surface area contributed by atoms with Crippen LogP contribution < -0.4 is 4.74 Å². The van der Waals surface area contributed by atoms with Gasteiger partial charge in [-0.1, -0.05) is 6.08 Å². The molecule has 0 bridgehead atoms. The molecule has 31 heavy (non-hydrogen) atoms. The minimum atomic E-state index is -0.680. The molecule has 3 aromatic rings. The molecule has 7 heteroatoms. The fourth-order valence-electron chi connectivity index (χ4n) is 5.03. The highest BCUT2D eigenvalue weighted by atomic mass is 19.1. The number of aromatic amines is 1. The van der Waals surface area contributed by atoms with Gasteiger partial charge in [0, 0.05) is 42.5 Å². The fourth-order valence-corrected chi connectivity index (χ4v) is 5.03. The zero-order valence-corrected chi connectivity index (χ0v) is 17.4. The maximum atomic E-state index is 14.0. The molecule has 3 unspecified atom stereocenters. The first-order chi connectivity index (χ1) is 15.1. The first-order valence-electron chi connectivity index (χ1n) is 10.6. The number of hydrogen-bond acceptors (Lipinski definition) is 5. The Hall–Kier alpha value is -2.74. The van der Waals surface area contributed by atoms with Crippen molar-refractivity contribution in [3.8, 4) is 16.9 Å². The second kappa shape index (κ2) is 8.07. The molecule has 2 aromatic heterocycles. The summed E-state index contributed by atoms with van der Waals surface area (Å²) >= 11 is 0. The van der Waals surface area contributed by atoms with Gasteiger partial charge < -0.3 is 19.9 Å². The summed E-state index contributed by atoms with van der Waals surface area (Å²) in [6.07, 6.45) is 4.33. The van der Waals surface area contributed by atoms with E-state index in [0.717, 1.165) is 41.8 Å². The highest BCUT2D eigenvalue weighted by Crippen LogP contribution is 2.42. The van der Waals surface area contributed by atoms with Gasteiger partial charge >= 0.3 is 0 Å². The molecular formula is C24H26FN3O3. The number of aliphatic hydroxyl groups excluding tert-OH is 2. The van der Waals surface area contributed by atoms with Crippen molar-refractivity contribution < 1.29 is 19.3 Å². The van der Waals surface area contributed by atoms with Gasteiger partial charge in [0.25, 0.3) is 0 Å². The molecule has 3 N–H and O–H groups in total. The maximum Gasteiger partial charge on any atom is 0.138 e. The van der Waals surface area contributed by atoms with Crippen molar-refractivity contribution in [2.75, 3.05) is 33.4 Å². The third-order valence-electron chi connectivity index (χ3n) is 6.47. The lowest BCUT2D eigenvalue weighted by molar-refractivity contribution is 0.0647. The van der Waals surface area contributed by atoms with Crippen molar-refractivity contribution >= 4 is 16.6 Å². The molecule has 0 saturated carbocycles. The van der Waals surface area contributed by atoms with E-state index in [2.05, 4.69) is 27.0 Å². The number of aromatic nitrogens is 2. The molecule has 0 radical (unpaired) electrons. The number of benzene rings is 1. The van der Waals surface area contributed by atoms with Crippen LogP contribution in [0, 0.1) is 17.7 Å². The normalized spacial score (nSPS) is 22.0. The van der Waals surface area contributed by atoms with Crippen molar-refractivity contribution in [2.45, 2.75) is 12.5 Å². The molecule has 1 aliphatic carbocycles. The number of allylic oxidation sites excluding steroid dienone is 1. The van der Waals surface area contributed by atoms with E-state index >= 15 is 0 Å². The zero-order valence-electron chi connectivity index (χ0n) is 17.4. The number of nitrogens with zero attached hydrogens (tertiary/aromatic N) is 2. The third-order valence-corrected chi connectivity index (χ3v) is 6.47. The molecule has 1 aliphatic heterocycles. The van der Waals surface area contributed by atoms with E-state index in [9.17, 15) is 9.50 Å². The number of nitrogens with one attached hydrogen (secondary N) is 1. The Morgan fingerprint density at radius 2 is 2.13 bits per heavy atom. The van der Waals surface area contributed by atoms with E-state index in [0.29, 0.717) is 29.7 Å². The van der Waals surface area contributed by atoms with Gasteiger partial charge in [-0.15, -0.1) is 0 Å². The van der Waals surface area contributed by atoms with Crippen molar-refractivity contribution in [2.24, 2.45) is 11.8 Å². The maximum absolute atomic E-state index is 14.0. The van der Waals surface area contributed by atoms with Crippen LogP contribution in [0.25, 0.3) is 27.7 Å². The number of H-pyrrole nitrogens is 1. The summed E-state index contributed by atoms with van der Waals surface area (Å²) in [4.78, 5) is 10.2. The lowest BCUT2D eigenvalue weighted by Gasteiger charge is -2.19. The summed E-state index contributed by atoms with van der Waals surface area (Å²) in [6.45, 7) is 2.14. The first kappa shape index (κ1) is 20.2. The number of aliphatic hydroxyl groups is 2. The van der Waals surface area contributed by atoms with Crippen LogP contribution in [0.3, 0.4) is 0 Å². The van der Waals surface area contributed by atoms with Crippen molar-refractivity contribution in [3.05, 3.63) is 54.1 Å². The largest absolute Gasteiger partial charge is 0.496 e. The predicted octanol–water partition coefficient (Wildman–Crippen LogP) is 3.07. The number of fused-ring (bicyclic) bond motifs is 2. The molecular weight excluding hydrogens is 397 g/mol. The Bertz CT molecular complexity index is 1140. The molecule has 0 amide bonds. The molecule has 1 saturated heterocycles. The average Bonchev–Trinajstić information content (AvgIpc) is 3.45. The number of likely N-dealkylation sites (tertiary alicyclic amines) is 1. The zero-order chi connectivity index (χ0) is 21.5. The van der Waals surface area contributed by atoms with Gasteiger partial charge in [0.15, 0.2) is 0 Å². The predicted molar refractivity (Wildman–Crippen MR) is 117 cm³/mol. The second-order valence-electron chi connectivity index (χ2n) is 8.52. The van der Waals surface area contributed by atoms with Crippen molar-refractivity contribution in [1.82, 2.24) is 14.9 Å². The molecule has 3 heterocycles. The number of rotatable bonds is 6. The summed E-state index contributed by atoms with van der Waals surface area (Å²) in [5, 5.41) is 19.7. The summed E-state index contributed by atoms with van der Waals surface area (Å²) in [5.74, 6) is 1.28. The molecule has 2 aliphatic rings. The van der Waals surface area contributed by atoms with E-state index < -0.39 is 6.10 Å². The molecule has 162 valence electrons. The first-order valence-corrected chi connectivity index (χ1v) is 10.6. The van der Waals surface area contributed by atoms with E-state index in [-0.39, 0.29) is 12.4 Å². The van der Waals surface area contributed by atoms with Crippen LogP contribution in [0.2, 0.25) is 0 Å². The SMILES string of the molecule is COc1ccc(F)cc1-c1ccnc2[nH]c(C3=CC4CN(CC(O)CO)CC4C3)cc12. The van der Waals surface area contributed by atoms with Gasteiger partial charge in [-0.05, 0) is 59.7 Å². The van der Waals surface area contributed by atoms with Gasteiger partial charge in [-0.25, -0.2) is 9.37 Å². The minimum Gasteiger partial charge on any atom is -0.496 e. The van der Waals surface area contributed by atoms with Crippen LogP contribution in [0.5, 0.6) is 5.75 Å². The Balaban J connectivity index is 1.44. The monoisotopic (exact) mass is 423 g/mol. The van der Waals surface area contributed by atoms with Gasteiger partial charge in [-0.2, -0.15) is 0 Å². The molecule has 3 atom stereocenters. The smallest absolute Gasteiger partial charge is 0.138 e. The standard InChI is InChI=1S/C24H26FN3O3/c1-31-23-3-2-17(25)8-20(23)19-4-5-26-24-21(19)9-22(27-24)14-6-15-10-28(11-16(15)7-14)12-18(30)13-29/h2-6,8-9,15-16,18,29-30H,7,10-13H2,1H3,(H,26,27). The summed E-state index contributed by atoms with van der Waals surface area (Å²) in [7, 11) is 1.59. The average molecular weight is 423 g/mol. The van der Waals surface area contributed by atoms with Crippen LogP contribution in [0.15, 0.2) is 42.6 Å². The summed E-state index contributed by atoms with van der Waals surface area (Å²) in [5.41, 5.74) is 4.67. The number of hydrogen-bond donors (Lipinski definition) is 3. The number of halogens is 1. The molecule has 0 spiro atoms. The van der Waals surface area contributed by atoms with Gasteiger partial charge in [0.2, 0.25) is 0 Å². The van der Waals surface area contributed by atoms with Crippen LogP contribution >= 0.6 is 0 Å². The Kier molecular flexibility index (Phi) is 5.25. The van der Waals surface area contributed by atoms with Crippen LogP contribution in [-0.2, 0) is 0 Å². The van der Waals surface area contributed by atoms with Crippen molar-refractivity contribution in [3.63, 3.8) is 0 Å². The second-order valence-corrected chi connectivity index (χ2v) is 8.52. The highest BCUT2D eigenvalue weighted by molar-refractivity contribution is 5.96. The van der Waals surface area contributed by atoms with E-state index in [1.807, 2.05) is 6.07 Å². The number of methoxy groups -OCH3 is 1. The van der Waals surface area contributed by atoms with E-state index in [4.69, 9.17) is 9.84 Å². The number of pyridine rings is 1. The van der Waals surface area contributed by atoms with Crippen LogP contribution in [0.4, 0.5) is 4.39 Å². The van der Waals surface area contributed by atoms with E-state index in [1.54, 1.807) is 19.4 Å². The Labute approximate surface area is 180 Å². The van der Waals surface area contributed by atoms with Gasteiger partial charge in [0.05, 0.1) is 19.8 Å². The molecule has 1 fully saturated rings. The lowest BCUT2D eigenvalue weighted by atomic mass is 9.99. The lowest BCUT2D eigenvalue weighted by Crippen LogP contribution is -2.33. The summed E-state index contributed by atoms with van der Waals surface area (Å²) < 4.78 is 19.4. The molecule has 5 rings (SSSR count). The topological polar surface area (TPSA) is 81.6 Å². The number of ether oxygens (including phenoxy) is 1. The molecule has 1 aromatic carbocycles. The summed E-state index contributed by atoms with van der Waals surface area (Å²) in [6, 6.07) is 8.52. The van der Waals surface area contributed by atoms with Crippen molar-refractivity contribution in [1.29, 1.82) is 0 Å². The Morgan fingerprint density at radius 3 is 2.90 bits per heavy atom. The van der Waals surface area contributed by atoms with Gasteiger partial charge in [-0.3, -0.25) is 4.90 Å². The van der Waals surface area contributed by atoms with E-state index in [1.165, 1.54) is 17.7 Å². The highest BCUT2D eigenvalue weighted by Gasteiger charge is 2.37. The molecule has 6 nitrogen and oxygen atoms in total. The minimum absolute atomic E-state index is 0.201.